The Morgan fingerprint density at radius 2 is 2.12 bits per heavy atom. The van der Waals surface area contributed by atoms with Crippen molar-refractivity contribution in [3.05, 3.63) is 29.8 Å². The summed E-state index contributed by atoms with van der Waals surface area (Å²) >= 11 is 0. The Morgan fingerprint density at radius 1 is 1.38 bits per heavy atom. The maximum atomic E-state index is 11.6. The zero-order valence-corrected chi connectivity index (χ0v) is 8.94. The standard InChI is InChI=1S/C11H11NO4/c1-11(9(13)12-10(14)16-11)7-4-3-5-8(6-7)15-2/h3-6H,1-2H3,(H,12,13,14). The summed E-state index contributed by atoms with van der Waals surface area (Å²) in [6, 6.07) is 6.86. The van der Waals surface area contributed by atoms with Gasteiger partial charge in [0, 0.05) is 5.56 Å². The molecular weight excluding hydrogens is 210 g/mol. The Balaban J connectivity index is 2.43. The average molecular weight is 221 g/mol. The highest BCUT2D eigenvalue weighted by Crippen LogP contribution is 2.31. The summed E-state index contributed by atoms with van der Waals surface area (Å²) in [5.74, 6) is 0.139. The quantitative estimate of drug-likeness (QED) is 0.814. The van der Waals surface area contributed by atoms with Gasteiger partial charge in [0.2, 0.25) is 5.60 Å². The molecule has 1 N–H and O–H groups in total. The molecule has 16 heavy (non-hydrogen) atoms. The van der Waals surface area contributed by atoms with Gasteiger partial charge in [0.15, 0.2) is 0 Å². The lowest BCUT2D eigenvalue weighted by atomic mass is 9.95. The van der Waals surface area contributed by atoms with Gasteiger partial charge in [-0.15, -0.1) is 0 Å². The van der Waals surface area contributed by atoms with Crippen LogP contribution in [0.1, 0.15) is 12.5 Å². The molecule has 5 nitrogen and oxygen atoms in total. The number of imide groups is 1. The Kier molecular flexibility index (Phi) is 2.30. The van der Waals surface area contributed by atoms with Gasteiger partial charge < -0.3 is 9.47 Å². The van der Waals surface area contributed by atoms with Crippen LogP contribution < -0.4 is 10.1 Å². The topological polar surface area (TPSA) is 64.6 Å². The number of hydrogen-bond acceptors (Lipinski definition) is 4. The van der Waals surface area contributed by atoms with Crippen LogP contribution in [0.3, 0.4) is 0 Å². The molecule has 2 rings (SSSR count). The minimum atomic E-state index is -1.27. The molecule has 0 spiro atoms. The number of amides is 2. The van der Waals surface area contributed by atoms with E-state index in [1.165, 1.54) is 7.11 Å². The van der Waals surface area contributed by atoms with E-state index in [0.29, 0.717) is 11.3 Å². The molecule has 0 saturated carbocycles. The molecule has 1 fully saturated rings. The summed E-state index contributed by atoms with van der Waals surface area (Å²) in [6.07, 6.45) is -0.727. The summed E-state index contributed by atoms with van der Waals surface area (Å²) < 4.78 is 10.0. The van der Waals surface area contributed by atoms with Crippen LogP contribution in [0.2, 0.25) is 0 Å². The first kappa shape index (κ1) is 10.5. The van der Waals surface area contributed by atoms with E-state index < -0.39 is 17.6 Å². The number of carbonyl (C=O) groups is 2. The van der Waals surface area contributed by atoms with Crippen LogP contribution in [0.25, 0.3) is 0 Å². The van der Waals surface area contributed by atoms with Crippen LogP contribution in [-0.4, -0.2) is 19.1 Å². The molecule has 2 amide bonds. The van der Waals surface area contributed by atoms with E-state index in [-0.39, 0.29) is 0 Å². The Morgan fingerprint density at radius 3 is 2.69 bits per heavy atom. The van der Waals surface area contributed by atoms with Crippen LogP contribution in [0, 0.1) is 0 Å². The van der Waals surface area contributed by atoms with Crippen molar-refractivity contribution in [2.75, 3.05) is 7.11 Å². The number of rotatable bonds is 2. The second-order valence-corrected chi connectivity index (χ2v) is 3.61. The van der Waals surface area contributed by atoms with Crippen LogP contribution in [-0.2, 0) is 15.1 Å². The third-order valence-electron chi connectivity index (χ3n) is 2.57. The Hall–Kier alpha value is -2.04. The van der Waals surface area contributed by atoms with Gasteiger partial charge in [-0.3, -0.25) is 10.1 Å². The molecule has 1 aromatic carbocycles. The van der Waals surface area contributed by atoms with E-state index >= 15 is 0 Å². The predicted octanol–water partition coefficient (Wildman–Crippen LogP) is 1.18. The van der Waals surface area contributed by atoms with E-state index in [9.17, 15) is 9.59 Å². The van der Waals surface area contributed by atoms with Gasteiger partial charge >= 0.3 is 6.09 Å². The van der Waals surface area contributed by atoms with Gasteiger partial charge in [-0.2, -0.15) is 0 Å². The molecule has 84 valence electrons. The van der Waals surface area contributed by atoms with Gasteiger partial charge in [-0.05, 0) is 19.1 Å². The van der Waals surface area contributed by atoms with Crippen molar-refractivity contribution in [3.8, 4) is 5.75 Å². The number of hydrogen-bond donors (Lipinski definition) is 1. The summed E-state index contributed by atoms with van der Waals surface area (Å²) in [5.41, 5.74) is -0.693. The monoisotopic (exact) mass is 221 g/mol. The molecule has 0 aromatic heterocycles. The van der Waals surface area contributed by atoms with E-state index in [1.807, 2.05) is 0 Å². The second kappa shape index (κ2) is 3.52. The lowest BCUT2D eigenvalue weighted by Gasteiger charge is -2.19. The molecule has 5 heteroatoms. The number of cyclic esters (lactones) is 1. The third-order valence-corrected chi connectivity index (χ3v) is 2.57. The summed E-state index contributed by atoms with van der Waals surface area (Å²) in [4.78, 5) is 22.6. The average Bonchev–Trinajstić information content (AvgIpc) is 2.54. The fourth-order valence-corrected chi connectivity index (χ4v) is 1.58. The fraction of sp³-hybridized carbons (Fsp3) is 0.273. The minimum Gasteiger partial charge on any atom is -0.497 e. The SMILES string of the molecule is COc1cccc(C2(C)OC(=O)NC2=O)c1. The zero-order chi connectivity index (χ0) is 11.8. The van der Waals surface area contributed by atoms with Crippen molar-refractivity contribution in [3.63, 3.8) is 0 Å². The highest BCUT2D eigenvalue weighted by Gasteiger charge is 2.46. The number of alkyl carbamates (subject to hydrolysis) is 1. The first-order valence-corrected chi connectivity index (χ1v) is 4.75. The summed E-state index contributed by atoms with van der Waals surface area (Å²) in [5, 5.41) is 2.10. The van der Waals surface area contributed by atoms with Gasteiger partial charge in [0.05, 0.1) is 7.11 Å². The van der Waals surface area contributed by atoms with Gasteiger partial charge in [0.1, 0.15) is 5.75 Å². The van der Waals surface area contributed by atoms with Crippen LogP contribution in [0.5, 0.6) is 5.75 Å². The van der Waals surface area contributed by atoms with Gasteiger partial charge in [0.25, 0.3) is 5.91 Å². The normalized spacial score (nSPS) is 23.9. The zero-order valence-electron chi connectivity index (χ0n) is 8.94. The van der Waals surface area contributed by atoms with E-state index in [1.54, 1.807) is 31.2 Å². The molecule has 1 aliphatic rings. The maximum Gasteiger partial charge on any atom is 0.415 e. The third kappa shape index (κ3) is 1.50. The first-order valence-electron chi connectivity index (χ1n) is 4.75. The second-order valence-electron chi connectivity index (χ2n) is 3.61. The van der Waals surface area contributed by atoms with Crippen molar-refractivity contribution in [2.45, 2.75) is 12.5 Å². The Bertz CT molecular complexity index is 457. The summed E-state index contributed by atoms with van der Waals surface area (Å²) in [7, 11) is 1.53. The van der Waals surface area contributed by atoms with Crippen LogP contribution in [0.4, 0.5) is 4.79 Å². The van der Waals surface area contributed by atoms with Crippen molar-refractivity contribution in [1.29, 1.82) is 0 Å². The molecular formula is C11H11NO4. The molecule has 1 saturated heterocycles. The lowest BCUT2D eigenvalue weighted by molar-refractivity contribution is -0.130. The predicted molar refractivity (Wildman–Crippen MR) is 55.0 cm³/mol. The molecule has 1 heterocycles. The van der Waals surface area contributed by atoms with E-state index in [2.05, 4.69) is 5.32 Å². The molecule has 0 radical (unpaired) electrons. The fourth-order valence-electron chi connectivity index (χ4n) is 1.58. The van der Waals surface area contributed by atoms with Crippen molar-refractivity contribution < 1.29 is 19.1 Å². The smallest absolute Gasteiger partial charge is 0.415 e. The minimum absolute atomic E-state index is 0.467. The van der Waals surface area contributed by atoms with Crippen molar-refractivity contribution >= 4 is 12.0 Å². The lowest BCUT2D eigenvalue weighted by Crippen LogP contribution is -2.33. The number of carbonyl (C=O) groups excluding carboxylic acids is 2. The van der Waals surface area contributed by atoms with Gasteiger partial charge in [-0.1, -0.05) is 12.1 Å². The Labute approximate surface area is 92.4 Å². The summed E-state index contributed by atoms with van der Waals surface area (Å²) in [6.45, 7) is 1.54. The molecule has 0 bridgehead atoms. The highest BCUT2D eigenvalue weighted by molar-refractivity contribution is 6.03. The largest absolute Gasteiger partial charge is 0.497 e. The first-order chi connectivity index (χ1) is 7.56. The number of ether oxygens (including phenoxy) is 2. The number of benzene rings is 1. The number of nitrogens with one attached hydrogen (secondary N) is 1. The molecule has 1 unspecified atom stereocenters. The number of methoxy groups -OCH3 is 1. The molecule has 1 aliphatic heterocycles. The van der Waals surface area contributed by atoms with E-state index in [4.69, 9.17) is 9.47 Å². The maximum absolute atomic E-state index is 11.6. The van der Waals surface area contributed by atoms with Crippen LogP contribution in [0.15, 0.2) is 24.3 Å². The molecule has 1 atom stereocenters. The molecule has 1 aromatic rings. The van der Waals surface area contributed by atoms with Crippen LogP contribution >= 0.6 is 0 Å². The highest BCUT2D eigenvalue weighted by atomic mass is 16.6. The van der Waals surface area contributed by atoms with Gasteiger partial charge in [-0.25, -0.2) is 4.79 Å². The molecule has 0 aliphatic carbocycles. The van der Waals surface area contributed by atoms with Crippen molar-refractivity contribution in [1.82, 2.24) is 5.32 Å². The van der Waals surface area contributed by atoms with Crippen molar-refractivity contribution in [2.24, 2.45) is 0 Å². The van der Waals surface area contributed by atoms with E-state index in [0.717, 1.165) is 0 Å².